The van der Waals surface area contributed by atoms with Crippen LogP contribution in [0.5, 0.6) is 5.75 Å². The Kier molecular flexibility index (Phi) is 5.67. The van der Waals surface area contributed by atoms with Crippen molar-refractivity contribution in [1.29, 1.82) is 0 Å². The quantitative estimate of drug-likeness (QED) is 0.283. The molecule has 0 saturated heterocycles. The molecule has 0 fully saturated rings. The Bertz CT molecular complexity index is 1620. The standard InChI is InChI=1S/C28H19F4N2O2/c1-36-19-11-8-16(9-12-19)17-10-13-20-24(14-17)34(23-7-3-5-21(25(20)23)27(33)35)15-18-4-2-6-22(26(18)29)28(30,31)32/h2-12,14H,15H2,1H3,(H2,33,35). The summed E-state index contributed by atoms with van der Waals surface area (Å²) in [5.74, 6) is -1.30. The lowest BCUT2D eigenvalue weighted by molar-refractivity contribution is -0.140. The number of primary amides is 1. The molecule has 0 saturated carbocycles. The number of nitrogens with zero attached hydrogens (tertiary/aromatic N) is 1. The fraction of sp³-hybridized carbons (Fsp3) is 0.107. The zero-order valence-corrected chi connectivity index (χ0v) is 19.0. The van der Waals surface area contributed by atoms with Gasteiger partial charge in [0.2, 0.25) is 5.91 Å². The minimum atomic E-state index is -4.82. The highest BCUT2D eigenvalue weighted by atomic mass is 19.4. The van der Waals surface area contributed by atoms with Crippen molar-refractivity contribution in [1.82, 2.24) is 4.57 Å². The van der Waals surface area contributed by atoms with Gasteiger partial charge in [-0.25, -0.2) is 4.39 Å². The smallest absolute Gasteiger partial charge is 0.419 e. The molecule has 0 spiro atoms. The van der Waals surface area contributed by atoms with E-state index >= 15 is 0 Å². The van der Waals surface area contributed by atoms with Gasteiger partial charge in [-0.15, -0.1) is 0 Å². The van der Waals surface area contributed by atoms with Gasteiger partial charge in [0.25, 0.3) is 0 Å². The fourth-order valence-corrected chi connectivity index (χ4v) is 4.47. The number of hydrogen-bond donors (Lipinski definition) is 1. The number of carbonyl (C=O) groups excluding carboxylic acids is 1. The molecule has 2 N–H and O–H groups in total. The Labute approximate surface area is 203 Å². The van der Waals surface area contributed by atoms with Gasteiger partial charge in [0.15, 0.2) is 0 Å². The lowest BCUT2D eigenvalue weighted by atomic mass is 10.0. The van der Waals surface area contributed by atoms with Crippen LogP contribution in [0.25, 0.3) is 32.9 Å². The van der Waals surface area contributed by atoms with Gasteiger partial charge in [0.05, 0.1) is 30.3 Å². The second kappa shape index (κ2) is 8.71. The highest BCUT2D eigenvalue weighted by molar-refractivity contribution is 6.18. The minimum absolute atomic E-state index is 0.136. The molecule has 1 aromatic heterocycles. The molecule has 0 aliphatic carbocycles. The maximum Gasteiger partial charge on any atom is 0.419 e. The molecule has 5 aromatic rings. The molecular weight excluding hydrogens is 472 g/mol. The predicted molar refractivity (Wildman–Crippen MR) is 129 cm³/mol. The van der Waals surface area contributed by atoms with Crippen LogP contribution in [0.3, 0.4) is 0 Å². The predicted octanol–water partition coefficient (Wildman–Crippen LogP) is 6.58. The molecule has 36 heavy (non-hydrogen) atoms. The van der Waals surface area contributed by atoms with Crippen molar-refractivity contribution in [2.24, 2.45) is 5.73 Å². The Morgan fingerprint density at radius 2 is 1.72 bits per heavy atom. The van der Waals surface area contributed by atoms with Crippen LogP contribution in [0.1, 0.15) is 21.5 Å². The molecule has 1 radical (unpaired) electrons. The van der Waals surface area contributed by atoms with E-state index in [1.165, 1.54) is 12.1 Å². The van der Waals surface area contributed by atoms with E-state index in [-0.39, 0.29) is 17.7 Å². The summed E-state index contributed by atoms with van der Waals surface area (Å²) in [7, 11) is 1.57. The molecule has 0 aliphatic rings. The molecule has 0 atom stereocenters. The topological polar surface area (TPSA) is 57.2 Å². The number of benzene rings is 4. The van der Waals surface area contributed by atoms with Crippen LogP contribution in [0.4, 0.5) is 17.6 Å². The maximum atomic E-state index is 15.0. The second-order valence-electron chi connectivity index (χ2n) is 8.30. The molecule has 4 aromatic carbocycles. The average molecular weight is 491 g/mol. The van der Waals surface area contributed by atoms with Gasteiger partial charge < -0.3 is 15.0 Å². The molecule has 0 aliphatic heterocycles. The largest absolute Gasteiger partial charge is 0.497 e. The SMILES string of the molecule is COc1ccc(-c2c[c]c3c4c(C(N)=O)cccc4n(Cc4cccc(C(F)(F)F)c4F)c3c2)cc1. The molecular formula is C28H19F4N2O2. The fourth-order valence-electron chi connectivity index (χ4n) is 4.47. The Hall–Kier alpha value is -4.33. The van der Waals surface area contributed by atoms with Crippen molar-refractivity contribution in [2.75, 3.05) is 7.11 Å². The number of amides is 1. The number of methoxy groups -OCH3 is 1. The molecule has 8 heteroatoms. The molecule has 0 bridgehead atoms. The van der Waals surface area contributed by atoms with Gasteiger partial charge in [-0.2, -0.15) is 13.2 Å². The molecule has 4 nitrogen and oxygen atoms in total. The van der Waals surface area contributed by atoms with E-state index in [0.29, 0.717) is 33.6 Å². The van der Waals surface area contributed by atoms with Crippen LogP contribution in [-0.4, -0.2) is 17.6 Å². The van der Waals surface area contributed by atoms with E-state index in [1.807, 2.05) is 18.2 Å². The van der Waals surface area contributed by atoms with Crippen molar-refractivity contribution in [3.8, 4) is 16.9 Å². The molecule has 5 rings (SSSR count). The van der Waals surface area contributed by atoms with E-state index < -0.39 is 23.5 Å². The summed E-state index contributed by atoms with van der Waals surface area (Å²) in [4.78, 5) is 12.2. The lowest BCUT2D eigenvalue weighted by Crippen LogP contribution is -2.12. The van der Waals surface area contributed by atoms with Gasteiger partial charge in [-0.3, -0.25) is 4.79 Å². The number of hydrogen-bond acceptors (Lipinski definition) is 2. The Morgan fingerprint density at radius 1 is 1.00 bits per heavy atom. The number of halogens is 4. The zero-order chi connectivity index (χ0) is 25.6. The molecule has 1 amide bonds. The number of fused-ring (bicyclic) bond motifs is 3. The average Bonchev–Trinajstić information content (AvgIpc) is 3.17. The van der Waals surface area contributed by atoms with Gasteiger partial charge in [0.1, 0.15) is 11.6 Å². The summed E-state index contributed by atoms with van der Waals surface area (Å²) in [6.07, 6.45) is -4.82. The summed E-state index contributed by atoms with van der Waals surface area (Å²) < 4.78 is 61.9. The Balaban J connectivity index is 1.76. The summed E-state index contributed by atoms with van der Waals surface area (Å²) in [5, 5.41) is 1.07. The van der Waals surface area contributed by atoms with Gasteiger partial charge in [0, 0.05) is 21.9 Å². The van der Waals surface area contributed by atoms with Crippen molar-refractivity contribution in [3.63, 3.8) is 0 Å². The van der Waals surface area contributed by atoms with Crippen molar-refractivity contribution in [3.05, 3.63) is 101 Å². The van der Waals surface area contributed by atoms with E-state index in [4.69, 9.17) is 10.5 Å². The highest BCUT2D eigenvalue weighted by Gasteiger charge is 2.35. The first-order chi connectivity index (χ1) is 17.2. The highest BCUT2D eigenvalue weighted by Crippen LogP contribution is 2.37. The number of ether oxygens (including phenoxy) is 1. The van der Waals surface area contributed by atoms with E-state index in [9.17, 15) is 22.4 Å². The second-order valence-corrected chi connectivity index (χ2v) is 8.30. The molecule has 181 valence electrons. The van der Waals surface area contributed by atoms with Crippen LogP contribution < -0.4 is 10.5 Å². The summed E-state index contributed by atoms with van der Waals surface area (Å²) in [5.41, 5.74) is 7.12. The monoisotopic (exact) mass is 491 g/mol. The third kappa shape index (κ3) is 3.94. The van der Waals surface area contributed by atoms with Gasteiger partial charge in [-0.05, 0) is 59.7 Å². The zero-order valence-electron chi connectivity index (χ0n) is 19.0. The first-order valence-corrected chi connectivity index (χ1v) is 10.9. The molecule has 1 heterocycles. The van der Waals surface area contributed by atoms with Gasteiger partial charge in [-0.1, -0.05) is 30.3 Å². The van der Waals surface area contributed by atoms with Crippen LogP contribution in [0.15, 0.2) is 72.8 Å². The van der Waals surface area contributed by atoms with Crippen molar-refractivity contribution < 1.29 is 27.1 Å². The number of rotatable bonds is 5. The summed E-state index contributed by atoms with van der Waals surface area (Å²) in [6.45, 7) is -0.197. The number of carbonyl (C=O) groups is 1. The normalized spacial score (nSPS) is 11.8. The lowest BCUT2D eigenvalue weighted by Gasteiger charge is -2.13. The van der Waals surface area contributed by atoms with E-state index in [2.05, 4.69) is 6.07 Å². The van der Waals surface area contributed by atoms with Crippen LogP contribution in [0.2, 0.25) is 0 Å². The van der Waals surface area contributed by atoms with E-state index in [0.717, 1.165) is 11.1 Å². The minimum Gasteiger partial charge on any atom is -0.497 e. The first-order valence-electron chi connectivity index (χ1n) is 10.9. The van der Waals surface area contributed by atoms with Crippen molar-refractivity contribution in [2.45, 2.75) is 12.7 Å². The van der Waals surface area contributed by atoms with Crippen LogP contribution in [0, 0.1) is 11.9 Å². The van der Waals surface area contributed by atoms with Gasteiger partial charge >= 0.3 is 6.18 Å². The summed E-state index contributed by atoms with van der Waals surface area (Å²) in [6, 6.07) is 22.3. The van der Waals surface area contributed by atoms with Crippen LogP contribution in [-0.2, 0) is 12.7 Å². The maximum absolute atomic E-state index is 15.0. The number of aromatic nitrogens is 1. The third-order valence-electron chi connectivity index (χ3n) is 6.20. The van der Waals surface area contributed by atoms with E-state index in [1.54, 1.807) is 48.1 Å². The number of nitrogens with two attached hydrogens (primary N) is 1. The summed E-state index contributed by atoms with van der Waals surface area (Å²) >= 11 is 0. The molecule has 0 unspecified atom stereocenters. The van der Waals surface area contributed by atoms with Crippen LogP contribution >= 0.6 is 0 Å². The number of alkyl halides is 3. The Morgan fingerprint density at radius 3 is 2.39 bits per heavy atom. The van der Waals surface area contributed by atoms with Crippen molar-refractivity contribution >= 4 is 27.7 Å². The third-order valence-corrected chi connectivity index (χ3v) is 6.20. The first kappa shape index (κ1) is 23.4.